The van der Waals surface area contributed by atoms with Crippen molar-refractivity contribution in [2.24, 2.45) is 0 Å². The summed E-state index contributed by atoms with van der Waals surface area (Å²) >= 11 is 0. The van der Waals surface area contributed by atoms with Gasteiger partial charge in [-0.1, -0.05) is 12.2 Å². The van der Waals surface area contributed by atoms with E-state index in [1.165, 1.54) is 19.3 Å². The minimum Gasteiger partial charge on any atom is -0.0804 e. The fourth-order valence-corrected chi connectivity index (χ4v) is 1.24. The highest BCUT2D eigenvalue weighted by Gasteiger charge is 2.15. The SMILES string of the molecule is C1=C2CC=C2CC1. The Morgan fingerprint density at radius 1 is 1.14 bits per heavy atom. The quantitative estimate of drug-likeness (QED) is 0.429. The van der Waals surface area contributed by atoms with Crippen LogP contribution in [-0.4, -0.2) is 0 Å². The maximum Gasteiger partial charge on any atom is -0.00921 e. The van der Waals surface area contributed by atoms with Gasteiger partial charge in [0.25, 0.3) is 0 Å². The molecule has 0 aromatic carbocycles. The lowest BCUT2D eigenvalue weighted by Gasteiger charge is -2.11. The number of fused-ring (bicyclic) bond motifs is 1. The topological polar surface area (TPSA) is 0 Å². The largest absolute Gasteiger partial charge is 0.0804 e. The van der Waals surface area contributed by atoms with Crippen molar-refractivity contribution in [2.45, 2.75) is 19.3 Å². The Labute approximate surface area is 43.5 Å². The summed E-state index contributed by atoms with van der Waals surface area (Å²) in [7, 11) is 0. The van der Waals surface area contributed by atoms with Gasteiger partial charge in [-0.15, -0.1) is 0 Å². The second kappa shape index (κ2) is 1.00. The first kappa shape index (κ1) is 3.48. The molecule has 36 valence electrons. The number of hydrogen-bond donors (Lipinski definition) is 0. The Morgan fingerprint density at radius 3 is 2.43 bits per heavy atom. The van der Waals surface area contributed by atoms with Crippen molar-refractivity contribution in [3.63, 3.8) is 0 Å². The summed E-state index contributed by atoms with van der Waals surface area (Å²) in [5.74, 6) is 0. The summed E-state index contributed by atoms with van der Waals surface area (Å²) in [6.45, 7) is 0. The summed E-state index contributed by atoms with van der Waals surface area (Å²) < 4.78 is 0. The summed E-state index contributed by atoms with van der Waals surface area (Å²) in [6, 6.07) is 0. The van der Waals surface area contributed by atoms with Crippen molar-refractivity contribution in [3.8, 4) is 0 Å². The van der Waals surface area contributed by atoms with Crippen LogP contribution >= 0.6 is 0 Å². The van der Waals surface area contributed by atoms with Gasteiger partial charge in [0.1, 0.15) is 0 Å². The van der Waals surface area contributed by atoms with E-state index in [-0.39, 0.29) is 0 Å². The Kier molecular flexibility index (Phi) is 0.498. The van der Waals surface area contributed by atoms with Crippen molar-refractivity contribution in [3.05, 3.63) is 23.3 Å². The molecule has 0 heterocycles. The summed E-state index contributed by atoms with van der Waals surface area (Å²) in [5, 5.41) is 0. The van der Waals surface area contributed by atoms with E-state index in [1.807, 2.05) is 0 Å². The molecule has 0 aliphatic heterocycles. The molecule has 0 amide bonds. The first-order valence-corrected chi connectivity index (χ1v) is 2.85. The first-order valence-electron chi connectivity index (χ1n) is 2.85. The van der Waals surface area contributed by atoms with Crippen LogP contribution in [0.25, 0.3) is 0 Å². The van der Waals surface area contributed by atoms with Gasteiger partial charge in [-0.25, -0.2) is 0 Å². The van der Waals surface area contributed by atoms with E-state index in [1.54, 1.807) is 11.1 Å². The minimum absolute atomic E-state index is 1.26. The minimum atomic E-state index is 1.26. The van der Waals surface area contributed by atoms with Gasteiger partial charge >= 0.3 is 0 Å². The molecule has 0 aromatic rings. The Hall–Kier alpha value is -0.520. The second-order valence-corrected chi connectivity index (χ2v) is 2.20. The molecule has 0 unspecified atom stereocenters. The summed E-state index contributed by atoms with van der Waals surface area (Å²) in [4.78, 5) is 0. The van der Waals surface area contributed by atoms with Crippen LogP contribution in [0.2, 0.25) is 0 Å². The van der Waals surface area contributed by atoms with E-state index in [0.717, 1.165) is 0 Å². The third-order valence-electron chi connectivity index (χ3n) is 1.79. The lowest BCUT2D eigenvalue weighted by Crippen LogP contribution is -1.91. The molecule has 0 fully saturated rings. The molecule has 2 rings (SSSR count). The number of allylic oxidation sites excluding steroid dienone is 4. The fraction of sp³-hybridized carbons (Fsp3) is 0.429. The molecule has 0 aromatic heterocycles. The van der Waals surface area contributed by atoms with E-state index in [2.05, 4.69) is 12.2 Å². The zero-order valence-electron chi connectivity index (χ0n) is 4.28. The maximum atomic E-state index is 2.36. The zero-order chi connectivity index (χ0) is 4.69. The highest BCUT2D eigenvalue weighted by Crippen LogP contribution is 2.35. The van der Waals surface area contributed by atoms with Gasteiger partial charge in [0.15, 0.2) is 0 Å². The van der Waals surface area contributed by atoms with Crippen LogP contribution in [0.1, 0.15) is 19.3 Å². The molecule has 0 saturated heterocycles. The summed E-state index contributed by atoms with van der Waals surface area (Å²) in [5.41, 5.74) is 3.25. The van der Waals surface area contributed by atoms with Gasteiger partial charge in [0, 0.05) is 0 Å². The normalized spacial score (nSPS) is 25.1. The molecule has 0 atom stereocenters. The molecule has 0 N–H and O–H groups in total. The molecule has 7 heavy (non-hydrogen) atoms. The Morgan fingerprint density at radius 2 is 2.14 bits per heavy atom. The Balaban J connectivity index is 2.45. The third kappa shape index (κ3) is 0.317. The molecule has 0 heteroatoms. The molecule has 0 bridgehead atoms. The van der Waals surface area contributed by atoms with Crippen molar-refractivity contribution in [1.29, 1.82) is 0 Å². The highest BCUT2D eigenvalue weighted by molar-refractivity contribution is 5.45. The van der Waals surface area contributed by atoms with Crippen LogP contribution in [0, 0.1) is 0 Å². The first-order chi connectivity index (χ1) is 3.47. The standard InChI is InChI=1S/C7H8/c1-2-6-4-5-7(6)3-1/h2,5H,1,3-4H2. The van der Waals surface area contributed by atoms with E-state index in [4.69, 9.17) is 0 Å². The van der Waals surface area contributed by atoms with Crippen LogP contribution in [0.3, 0.4) is 0 Å². The van der Waals surface area contributed by atoms with E-state index in [9.17, 15) is 0 Å². The predicted octanol–water partition coefficient (Wildman–Crippen LogP) is 2.04. The van der Waals surface area contributed by atoms with Crippen LogP contribution in [0.4, 0.5) is 0 Å². The third-order valence-corrected chi connectivity index (χ3v) is 1.79. The van der Waals surface area contributed by atoms with Crippen molar-refractivity contribution in [1.82, 2.24) is 0 Å². The van der Waals surface area contributed by atoms with Gasteiger partial charge in [0.05, 0.1) is 0 Å². The number of hydrogen-bond acceptors (Lipinski definition) is 0. The highest BCUT2D eigenvalue weighted by atomic mass is 14.2. The van der Waals surface area contributed by atoms with Crippen molar-refractivity contribution < 1.29 is 0 Å². The maximum absolute atomic E-state index is 2.36. The monoisotopic (exact) mass is 92.1 g/mol. The van der Waals surface area contributed by atoms with E-state index >= 15 is 0 Å². The number of rotatable bonds is 0. The van der Waals surface area contributed by atoms with Crippen LogP contribution < -0.4 is 0 Å². The van der Waals surface area contributed by atoms with E-state index in [0.29, 0.717) is 0 Å². The molecule has 0 radical (unpaired) electrons. The molecule has 0 spiro atoms. The molecule has 2 aliphatic rings. The average Bonchev–Trinajstić information content (AvgIpc) is 1.85. The second-order valence-electron chi connectivity index (χ2n) is 2.20. The lowest BCUT2D eigenvalue weighted by atomic mass is 9.95. The van der Waals surface area contributed by atoms with Crippen molar-refractivity contribution >= 4 is 0 Å². The molecule has 0 saturated carbocycles. The van der Waals surface area contributed by atoms with Gasteiger partial charge in [-0.05, 0) is 30.4 Å². The molecular weight excluding hydrogens is 84.1 g/mol. The predicted molar refractivity (Wildman–Crippen MR) is 30.0 cm³/mol. The smallest absolute Gasteiger partial charge is 0.00921 e. The van der Waals surface area contributed by atoms with E-state index < -0.39 is 0 Å². The molecular formula is C7H8. The molecule has 0 nitrogen and oxygen atoms in total. The van der Waals surface area contributed by atoms with Gasteiger partial charge in [-0.3, -0.25) is 0 Å². The molecule has 2 aliphatic carbocycles. The van der Waals surface area contributed by atoms with Crippen LogP contribution in [0.15, 0.2) is 23.3 Å². The van der Waals surface area contributed by atoms with Gasteiger partial charge < -0.3 is 0 Å². The average molecular weight is 92.1 g/mol. The zero-order valence-corrected chi connectivity index (χ0v) is 4.28. The van der Waals surface area contributed by atoms with Crippen LogP contribution in [-0.2, 0) is 0 Å². The Bertz CT molecular complexity index is 149. The van der Waals surface area contributed by atoms with Crippen LogP contribution in [0.5, 0.6) is 0 Å². The van der Waals surface area contributed by atoms with Crippen molar-refractivity contribution in [2.75, 3.05) is 0 Å². The van der Waals surface area contributed by atoms with Gasteiger partial charge in [0.2, 0.25) is 0 Å². The fourth-order valence-electron chi connectivity index (χ4n) is 1.24. The summed E-state index contributed by atoms with van der Waals surface area (Å²) in [6.07, 6.45) is 8.58. The van der Waals surface area contributed by atoms with Gasteiger partial charge in [-0.2, -0.15) is 0 Å². The lowest BCUT2D eigenvalue weighted by molar-refractivity contribution is 1.00.